The van der Waals surface area contributed by atoms with Gasteiger partial charge in [0.1, 0.15) is 11.7 Å². The third-order valence-corrected chi connectivity index (χ3v) is 6.63. The molecule has 1 spiro atoms. The van der Waals surface area contributed by atoms with E-state index in [1.807, 2.05) is 0 Å². The highest BCUT2D eigenvalue weighted by atomic mass is 35.5. The number of anilines is 1. The molecule has 4 rings (SSSR count). The molecule has 1 saturated carbocycles. The van der Waals surface area contributed by atoms with Crippen molar-refractivity contribution in [2.75, 3.05) is 5.32 Å². The van der Waals surface area contributed by atoms with Crippen molar-refractivity contribution < 1.29 is 19.4 Å². The van der Waals surface area contributed by atoms with Gasteiger partial charge >= 0.3 is 5.97 Å². The highest BCUT2D eigenvalue weighted by Crippen LogP contribution is 2.47. The molecule has 174 valence electrons. The number of carboxylic acids is 1. The smallest absolute Gasteiger partial charge is 0.326 e. The van der Waals surface area contributed by atoms with Gasteiger partial charge in [-0.15, -0.1) is 0 Å². The molecule has 2 aliphatic rings. The molecule has 33 heavy (non-hydrogen) atoms. The number of nitrogens with zero attached hydrogens (tertiary/aromatic N) is 2. The Labute approximate surface area is 205 Å². The Morgan fingerprint density at radius 3 is 2.36 bits per heavy atom. The molecule has 1 unspecified atom stereocenters. The molecule has 1 aliphatic heterocycles. The number of nitrogens with one attached hydrogen (secondary N) is 2. The van der Waals surface area contributed by atoms with E-state index in [4.69, 9.17) is 39.5 Å². The summed E-state index contributed by atoms with van der Waals surface area (Å²) < 4.78 is 5.73. The standard InChI is InChI=1S/C22H21Cl3N4O4/c23-14-10-26-11-15(24)17(14)20(30)28-13-5-4-12(27-9-13)8-16(21(31)32)29-18-19(25)33-22(18)6-2-1-3-7-22/h4-5,9-11,16,29H,1-3,6-8H2,(H,28,30)(H,31,32). The van der Waals surface area contributed by atoms with Crippen LogP contribution in [-0.4, -0.2) is 38.6 Å². The van der Waals surface area contributed by atoms with E-state index in [9.17, 15) is 14.7 Å². The first-order chi connectivity index (χ1) is 15.8. The molecule has 8 nitrogen and oxygen atoms in total. The Morgan fingerprint density at radius 2 is 1.79 bits per heavy atom. The zero-order valence-corrected chi connectivity index (χ0v) is 19.7. The average molecular weight is 512 g/mol. The van der Waals surface area contributed by atoms with Gasteiger partial charge in [-0.05, 0) is 49.4 Å². The molecule has 0 bridgehead atoms. The van der Waals surface area contributed by atoms with E-state index in [2.05, 4.69) is 20.6 Å². The van der Waals surface area contributed by atoms with Crippen LogP contribution >= 0.6 is 34.8 Å². The van der Waals surface area contributed by atoms with E-state index in [1.165, 1.54) is 18.6 Å². The van der Waals surface area contributed by atoms with Gasteiger partial charge in [-0.2, -0.15) is 0 Å². The van der Waals surface area contributed by atoms with Crippen LogP contribution in [0, 0.1) is 0 Å². The summed E-state index contributed by atoms with van der Waals surface area (Å²) >= 11 is 18.2. The number of hydrogen-bond donors (Lipinski definition) is 3. The van der Waals surface area contributed by atoms with Crippen LogP contribution < -0.4 is 10.6 Å². The van der Waals surface area contributed by atoms with Gasteiger partial charge in [0.2, 0.25) is 5.22 Å². The van der Waals surface area contributed by atoms with Crippen LogP contribution in [0.5, 0.6) is 0 Å². The molecule has 0 saturated heterocycles. The topological polar surface area (TPSA) is 113 Å². The largest absolute Gasteiger partial charge is 0.480 e. The monoisotopic (exact) mass is 510 g/mol. The fourth-order valence-corrected chi connectivity index (χ4v) is 5.00. The number of amides is 1. The van der Waals surface area contributed by atoms with Gasteiger partial charge in [0.15, 0.2) is 5.60 Å². The summed E-state index contributed by atoms with van der Waals surface area (Å²) in [5.74, 6) is -1.53. The van der Waals surface area contributed by atoms with E-state index in [0.717, 1.165) is 32.1 Å². The summed E-state index contributed by atoms with van der Waals surface area (Å²) in [7, 11) is 0. The van der Waals surface area contributed by atoms with Gasteiger partial charge < -0.3 is 20.5 Å². The number of rotatable bonds is 7. The van der Waals surface area contributed by atoms with Gasteiger partial charge in [-0.25, -0.2) is 4.79 Å². The van der Waals surface area contributed by atoms with Gasteiger partial charge in [-0.1, -0.05) is 29.6 Å². The minimum atomic E-state index is -1.02. The summed E-state index contributed by atoms with van der Waals surface area (Å²) in [6.45, 7) is 0. The molecule has 1 atom stereocenters. The van der Waals surface area contributed by atoms with E-state index in [0.29, 0.717) is 17.1 Å². The minimum Gasteiger partial charge on any atom is -0.480 e. The third-order valence-electron chi connectivity index (χ3n) is 5.79. The quantitative estimate of drug-likeness (QED) is 0.491. The second-order valence-electron chi connectivity index (χ2n) is 8.02. The van der Waals surface area contributed by atoms with Gasteiger partial charge in [0, 0.05) is 24.5 Å². The molecule has 1 aliphatic carbocycles. The molecule has 3 N–H and O–H groups in total. The highest BCUT2D eigenvalue weighted by molar-refractivity contribution is 6.40. The summed E-state index contributed by atoms with van der Waals surface area (Å²) in [5, 5.41) is 16.0. The summed E-state index contributed by atoms with van der Waals surface area (Å²) in [6.07, 6.45) is 9.00. The SMILES string of the molecule is O=C(Nc1ccc(CC(NC2=C(Cl)OC23CCCCC3)C(=O)O)nc1)c1c(Cl)cncc1Cl. The summed E-state index contributed by atoms with van der Waals surface area (Å²) in [6, 6.07) is 2.34. The molecular weight excluding hydrogens is 491 g/mol. The second kappa shape index (κ2) is 9.75. The number of halogens is 3. The Balaban J connectivity index is 1.42. The van der Waals surface area contributed by atoms with Crippen LogP contribution in [0.2, 0.25) is 10.0 Å². The molecule has 3 heterocycles. The van der Waals surface area contributed by atoms with Crippen molar-refractivity contribution >= 4 is 52.4 Å². The predicted octanol–water partition coefficient (Wildman–Crippen LogP) is 4.76. The number of pyridine rings is 2. The molecule has 2 aromatic heterocycles. The van der Waals surface area contributed by atoms with E-state index < -0.39 is 23.5 Å². The van der Waals surface area contributed by atoms with E-state index in [1.54, 1.807) is 12.1 Å². The first-order valence-corrected chi connectivity index (χ1v) is 11.6. The van der Waals surface area contributed by atoms with Crippen LogP contribution in [0.3, 0.4) is 0 Å². The Hall–Kier alpha value is -2.55. The lowest BCUT2D eigenvalue weighted by Crippen LogP contribution is -2.53. The van der Waals surface area contributed by atoms with Crippen molar-refractivity contribution in [3.8, 4) is 0 Å². The number of hydrogen-bond acceptors (Lipinski definition) is 6. The highest BCUT2D eigenvalue weighted by Gasteiger charge is 2.49. The average Bonchev–Trinajstić information content (AvgIpc) is 2.78. The number of aromatic nitrogens is 2. The molecule has 2 aromatic rings. The van der Waals surface area contributed by atoms with Crippen LogP contribution in [0.15, 0.2) is 41.6 Å². The number of carboxylic acid groups (broad SMARTS) is 1. The maximum atomic E-state index is 12.5. The van der Waals surface area contributed by atoms with Crippen LogP contribution in [0.1, 0.15) is 48.2 Å². The molecule has 1 fully saturated rings. The van der Waals surface area contributed by atoms with E-state index >= 15 is 0 Å². The normalized spacial score (nSPS) is 17.7. The van der Waals surface area contributed by atoms with Crippen molar-refractivity contribution in [3.05, 3.63) is 62.9 Å². The first kappa shape index (κ1) is 23.6. The van der Waals surface area contributed by atoms with E-state index in [-0.39, 0.29) is 27.2 Å². The number of carbonyl (C=O) groups is 2. The van der Waals surface area contributed by atoms with Crippen LogP contribution in [0.25, 0.3) is 0 Å². The van der Waals surface area contributed by atoms with Crippen LogP contribution in [-0.2, 0) is 16.0 Å². The molecular formula is C22H21Cl3N4O4. The zero-order chi connectivity index (χ0) is 23.6. The summed E-state index contributed by atoms with van der Waals surface area (Å²) in [4.78, 5) is 32.5. The fraction of sp³-hybridized carbons (Fsp3) is 0.364. The van der Waals surface area contributed by atoms with Gasteiger partial charge in [-0.3, -0.25) is 14.8 Å². The van der Waals surface area contributed by atoms with Crippen molar-refractivity contribution in [1.82, 2.24) is 15.3 Å². The van der Waals surface area contributed by atoms with Crippen LogP contribution in [0.4, 0.5) is 5.69 Å². The van der Waals surface area contributed by atoms with Crippen molar-refractivity contribution in [2.45, 2.75) is 50.2 Å². The zero-order valence-electron chi connectivity index (χ0n) is 17.4. The van der Waals surface area contributed by atoms with Gasteiger partial charge in [0.05, 0.1) is 27.5 Å². The second-order valence-corrected chi connectivity index (χ2v) is 9.17. The fourth-order valence-electron chi connectivity index (χ4n) is 4.09. The maximum Gasteiger partial charge on any atom is 0.326 e. The van der Waals surface area contributed by atoms with Crippen molar-refractivity contribution in [3.63, 3.8) is 0 Å². The summed E-state index contributed by atoms with van der Waals surface area (Å²) in [5.41, 5.74) is 1.21. The van der Waals surface area contributed by atoms with Crippen molar-refractivity contribution in [1.29, 1.82) is 0 Å². The Morgan fingerprint density at radius 1 is 1.09 bits per heavy atom. The number of carbonyl (C=O) groups excluding carboxylic acids is 1. The Bertz CT molecular complexity index is 1080. The lowest BCUT2D eigenvalue weighted by molar-refractivity contribution is -0.139. The lowest BCUT2D eigenvalue weighted by atomic mass is 9.80. The Kier molecular flexibility index (Phi) is 6.97. The molecule has 1 amide bonds. The predicted molar refractivity (Wildman–Crippen MR) is 124 cm³/mol. The van der Waals surface area contributed by atoms with Gasteiger partial charge in [0.25, 0.3) is 5.91 Å². The molecule has 11 heteroatoms. The first-order valence-electron chi connectivity index (χ1n) is 10.4. The molecule has 0 radical (unpaired) electrons. The number of aliphatic carboxylic acids is 1. The maximum absolute atomic E-state index is 12.5. The number of ether oxygens (including phenoxy) is 1. The third kappa shape index (κ3) is 5.03. The lowest BCUT2D eigenvalue weighted by Gasteiger charge is -2.47. The molecule has 0 aromatic carbocycles. The minimum absolute atomic E-state index is 0.108. The van der Waals surface area contributed by atoms with Crippen molar-refractivity contribution in [2.24, 2.45) is 0 Å².